The Morgan fingerprint density at radius 2 is 1.69 bits per heavy atom. The maximum Gasteiger partial charge on any atom is 0.225 e. The van der Waals surface area contributed by atoms with E-state index in [4.69, 9.17) is 4.74 Å². The summed E-state index contributed by atoms with van der Waals surface area (Å²) >= 11 is 0. The lowest BCUT2D eigenvalue weighted by atomic mass is 9.94. The molecule has 140 valence electrons. The zero-order valence-corrected chi connectivity index (χ0v) is 16.1. The van der Waals surface area contributed by atoms with Crippen LogP contribution in [0.1, 0.15) is 43.5 Å². The lowest BCUT2D eigenvalue weighted by molar-refractivity contribution is 0.122. The molecule has 0 bridgehead atoms. The van der Waals surface area contributed by atoms with Crippen LogP contribution < -0.4 is 10.2 Å². The van der Waals surface area contributed by atoms with Gasteiger partial charge in [0.2, 0.25) is 5.95 Å². The van der Waals surface area contributed by atoms with E-state index in [0.29, 0.717) is 12.0 Å². The van der Waals surface area contributed by atoms with E-state index in [1.807, 2.05) is 12.4 Å². The Bertz CT molecular complexity index is 663. The second-order valence-electron chi connectivity index (χ2n) is 7.19. The average molecular weight is 354 g/mol. The number of rotatable bonds is 7. The minimum atomic E-state index is 0.319. The number of aromatic nitrogens is 2. The predicted octanol–water partition coefficient (Wildman–Crippen LogP) is 3.36. The Morgan fingerprint density at radius 3 is 2.27 bits per heavy atom. The number of hydrogen-bond donors (Lipinski definition) is 1. The van der Waals surface area contributed by atoms with Crippen molar-refractivity contribution in [3.63, 3.8) is 0 Å². The van der Waals surface area contributed by atoms with Gasteiger partial charge in [0.15, 0.2) is 0 Å². The van der Waals surface area contributed by atoms with Crippen LogP contribution in [0.25, 0.3) is 0 Å². The van der Waals surface area contributed by atoms with E-state index in [9.17, 15) is 0 Å². The van der Waals surface area contributed by atoms with Gasteiger partial charge in [-0.2, -0.15) is 0 Å². The molecule has 2 heterocycles. The van der Waals surface area contributed by atoms with Crippen LogP contribution in [-0.4, -0.2) is 36.3 Å². The molecule has 1 aliphatic heterocycles. The summed E-state index contributed by atoms with van der Waals surface area (Å²) < 4.78 is 5.38. The van der Waals surface area contributed by atoms with Crippen LogP contribution >= 0.6 is 0 Å². The summed E-state index contributed by atoms with van der Waals surface area (Å²) in [5.74, 6) is 1.31. The van der Waals surface area contributed by atoms with Crippen molar-refractivity contribution >= 4 is 5.95 Å². The van der Waals surface area contributed by atoms with Crippen molar-refractivity contribution in [2.45, 2.75) is 39.8 Å². The Kier molecular flexibility index (Phi) is 6.58. The maximum atomic E-state index is 5.38. The quantitative estimate of drug-likeness (QED) is 0.826. The Balaban J connectivity index is 1.61. The number of nitrogens with one attached hydrogen (secondary N) is 1. The van der Waals surface area contributed by atoms with Gasteiger partial charge in [0.25, 0.3) is 0 Å². The molecular formula is C21H30N4O. The van der Waals surface area contributed by atoms with E-state index in [0.717, 1.165) is 50.8 Å². The molecular weight excluding hydrogens is 324 g/mol. The third kappa shape index (κ3) is 4.80. The van der Waals surface area contributed by atoms with Gasteiger partial charge < -0.3 is 15.0 Å². The molecule has 1 fully saturated rings. The summed E-state index contributed by atoms with van der Waals surface area (Å²) in [6.45, 7) is 10.7. The van der Waals surface area contributed by atoms with E-state index < -0.39 is 0 Å². The fraction of sp³-hybridized carbons (Fsp3) is 0.524. The lowest BCUT2D eigenvalue weighted by Crippen LogP contribution is -2.37. The van der Waals surface area contributed by atoms with Crippen molar-refractivity contribution in [3.05, 3.63) is 53.3 Å². The van der Waals surface area contributed by atoms with Gasteiger partial charge in [0.05, 0.1) is 13.2 Å². The molecule has 5 heteroatoms. The van der Waals surface area contributed by atoms with Crippen LogP contribution in [0.3, 0.4) is 0 Å². The highest BCUT2D eigenvalue weighted by Gasteiger charge is 2.16. The maximum absolute atomic E-state index is 5.38. The highest BCUT2D eigenvalue weighted by Crippen LogP contribution is 2.23. The molecule has 1 atom stereocenters. The second kappa shape index (κ2) is 9.10. The highest BCUT2D eigenvalue weighted by molar-refractivity contribution is 5.30. The summed E-state index contributed by atoms with van der Waals surface area (Å²) in [7, 11) is 0. The fourth-order valence-electron chi connectivity index (χ4n) is 3.29. The number of nitrogens with zero attached hydrogens (tertiary/aromatic N) is 3. The summed E-state index contributed by atoms with van der Waals surface area (Å²) in [4.78, 5) is 11.3. The highest BCUT2D eigenvalue weighted by atomic mass is 16.5. The van der Waals surface area contributed by atoms with Crippen molar-refractivity contribution in [2.75, 3.05) is 31.2 Å². The second-order valence-corrected chi connectivity index (χ2v) is 7.19. The van der Waals surface area contributed by atoms with E-state index in [1.165, 1.54) is 11.1 Å². The number of hydrogen-bond acceptors (Lipinski definition) is 5. The summed E-state index contributed by atoms with van der Waals surface area (Å²) in [6, 6.07) is 9.27. The molecule has 3 rings (SSSR count). The van der Waals surface area contributed by atoms with Crippen LogP contribution in [0.5, 0.6) is 0 Å². The minimum Gasteiger partial charge on any atom is -0.378 e. The zero-order valence-electron chi connectivity index (χ0n) is 16.1. The molecule has 1 N–H and O–H groups in total. The molecule has 1 aliphatic rings. The molecule has 2 aromatic rings. The smallest absolute Gasteiger partial charge is 0.225 e. The molecule has 0 spiro atoms. The minimum absolute atomic E-state index is 0.319. The number of benzene rings is 1. The predicted molar refractivity (Wildman–Crippen MR) is 105 cm³/mol. The summed E-state index contributed by atoms with van der Waals surface area (Å²) in [6.07, 6.45) is 4.94. The molecule has 1 aromatic carbocycles. The van der Waals surface area contributed by atoms with Crippen molar-refractivity contribution in [1.82, 2.24) is 15.3 Å². The van der Waals surface area contributed by atoms with Crippen LogP contribution in [-0.2, 0) is 17.7 Å². The van der Waals surface area contributed by atoms with Gasteiger partial charge in [-0.1, -0.05) is 45.0 Å². The normalized spacial score (nSPS) is 16.1. The molecule has 0 saturated carbocycles. The van der Waals surface area contributed by atoms with Gasteiger partial charge in [0.1, 0.15) is 0 Å². The largest absolute Gasteiger partial charge is 0.378 e. The van der Waals surface area contributed by atoms with Crippen molar-refractivity contribution < 1.29 is 4.74 Å². The van der Waals surface area contributed by atoms with Crippen molar-refractivity contribution in [3.8, 4) is 0 Å². The Hall–Kier alpha value is -1.98. The first-order valence-corrected chi connectivity index (χ1v) is 9.63. The van der Waals surface area contributed by atoms with Crippen molar-refractivity contribution in [2.24, 2.45) is 5.92 Å². The van der Waals surface area contributed by atoms with Crippen LogP contribution in [0.15, 0.2) is 36.7 Å². The third-order valence-corrected chi connectivity index (χ3v) is 4.93. The molecule has 0 amide bonds. The number of ether oxygens (including phenoxy) is 1. The van der Waals surface area contributed by atoms with Gasteiger partial charge in [0, 0.05) is 43.6 Å². The summed E-state index contributed by atoms with van der Waals surface area (Å²) in [5, 5.41) is 3.67. The monoisotopic (exact) mass is 354 g/mol. The van der Waals surface area contributed by atoms with Gasteiger partial charge in [-0.05, 0) is 23.5 Å². The standard InChI is InChI=1S/C21H30N4O/c1-4-17-5-7-19(8-6-17)20(16(2)3)22-13-18-14-23-21(24-15-18)25-9-11-26-12-10-25/h5-8,14-16,20,22H,4,9-13H2,1-3H3. The molecule has 5 nitrogen and oxygen atoms in total. The molecule has 0 radical (unpaired) electrons. The van der Waals surface area contributed by atoms with Crippen LogP contribution in [0, 0.1) is 5.92 Å². The van der Waals surface area contributed by atoms with E-state index in [1.54, 1.807) is 0 Å². The molecule has 0 aliphatic carbocycles. The first-order chi connectivity index (χ1) is 12.7. The van der Waals surface area contributed by atoms with Gasteiger partial charge in [-0.15, -0.1) is 0 Å². The number of morpholine rings is 1. The fourth-order valence-corrected chi connectivity index (χ4v) is 3.29. The third-order valence-electron chi connectivity index (χ3n) is 4.93. The number of aryl methyl sites for hydroxylation is 1. The zero-order chi connectivity index (χ0) is 18.4. The lowest BCUT2D eigenvalue weighted by Gasteiger charge is -2.26. The average Bonchev–Trinajstić information content (AvgIpc) is 2.69. The van der Waals surface area contributed by atoms with E-state index >= 15 is 0 Å². The molecule has 26 heavy (non-hydrogen) atoms. The topological polar surface area (TPSA) is 50.3 Å². The molecule has 1 unspecified atom stereocenters. The van der Waals surface area contributed by atoms with E-state index in [2.05, 4.69) is 65.2 Å². The van der Waals surface area contributed by atoms with Gasteiger partial charge in [-0.25, -0.2) is 9.97 Å². The Labute approximate surface area is 156 Å². The van der Waals surface area contributed by atoms with E-state index in [-0.39, 0.29) is 0 Å². The first-order valence-electron chi connectivity index (χ1n) is 9.63. The van der Waals surface area contributed by atoms with Gasteiger partial charge >= 0.3 is 0 Å². The Morgan fingerprint density at radius 1 is 1.04 bits per heavy atom. The first kappa shape index (κ1) is 18.8. The van der Waals surface area contributed by atoms with Crippen LogP contribution in [0.4, 0.5) is 5.95 Å². The summed E-state index contributed by atoms with van der Waals surface area (Å²) in [5.41, 5.74) is 3.82. The molecule has 1 aromatic heterocycles. The van der Waals surface area contributed by atoms with Crippen molar-refractivity contribution in [1.29, 1.82) is 0 Å². The SMILES string of the molecule is CCc1ccc(C(NCc2cnc(N3CCOCC3)nc2)C(C)C)cc1. The van der Waals surface area contributed by atoms with Crippen LogP contribution in [0.2, 0.25) is 0 Å². The van der Waals surface area contributed by atoms with Gasteiger partial charge in [-0.3, -0.25) is 0 Å². The number of anilines is 1. The molecule has 1 saturated heterocycles.